The summed E-state index contributed by atoms with van der Waals surface area (Å²) in [5, 5.41) is 12.4. The van der Waals surface area contributed by atoms with E-state index in [4.69, 9.17) is 9.47 Å². The fourth-order valence-corrected chi connectivity index (χ4v) is 16.3. The Morgan fingerprint density at radius 1 is 0.717 bits per heavy atom. The van der Waals surface area contributed by atoms with Crippen molar-refractivity contribution in [1.29, 1.82) is 0 Å². The Morgan fingerprint density at radius 3 is 1.81 bits per heavy atom. The second-order valence-corrected chi connectivity index (χ2v) is 24.9. The fraction of sp³-hybridized carbons (Fsp3) is 0.761. The molecule has 4 saturated carbocycles. The number of allylic oxidation sites excluding steroid dienone is 8. The van der Waals surface area contributed by atoms with Crippen molar-refractivity contribution in [3.05, 3.63) is 47.0 Å². The second kappa shape index (κ2) is 14.7. The van der Waals surface area contributed by atoms with Crippen LogP contribution < -0.4 is 0 Å². The van der Waals surface area contributed by atoms with Crippen molar-refractivity contribution in [2.45, 2.75) is 149 Å². The van der Waals surface area contributed by atoms with Gasteiger partial charge >= 0.3 is 0 Å². The molecule has 0 amide bonds. The van der Waals surface area contributed by atoms with Gasteiger partial charge in [0, 0.05) is 56.9 Å². The van der Waals surface area contributed by atoms with Gasteiger partial charge in [-0.1, -0.05) is 45.6 Å². The van der Waals surface area contributed by atoms with Gasteiger partial charge in [-0.05, 0) is 142 Å². The molecule has 0 aromatic carbocycles. The molecule has 0 aromatic rings. The van der Waals surface area contributed by atoms with Crippen molar-refractivity contribution in [3.63, 3.8) is 0 Å². The maximum Gasteiger partial charge on any atom is 0.139 e. The molecule has 6 nitrogen and oxygen atoms in total. The molecule has 0 saturated heterocycles. The number of hydrogen-bond acceptors (Lipinski definition) is 6. The maximum absolute atomic E-state index is 13.1. The third-order valence-corrected chi connectivity index (χ3v) is 17.4. The Labute approximate surface area is 320 Å². The van der Waals surface area contributed by atoms with Crippen molar-refractivity contribution in [2.75, 3.05) is 13.2 Å². The molecule has 7 heteroatoms. The number of aliphatic hydroxyl groups is 1. The van der Waals surface area contributed by atoms with Crippen molar-refractivity contribution in [2.24, 2.45) is 58.2 Å². The van der Waals surface area contributed by atoms with Crippen molar-refractivity contribution < 1.29 is 29.0 Å². The Bertz CT molecular complexity index is 1600. The minimum absolute atomic E-state index is 0.139. The van der Waals surface area contributed by atoms with Crippen molar-refractivity contribution in [1.82, 2.24) is 0 Å². The van der Waals surface area contributed by atoms with Gasteiger partial charge in [-0.3, -0.25) is 14.4 Å². The number of fused-ring (bicyclic) bond motifs is 10. The smallest absolute Gasteiger partial charge is 0.139 e. The largest absolute Gasteiger partial charge is 0.498 e. The zero-order chi connectivity index (χ0) is 37.9. The van der Waals surface area contributed by atoms with E-state index in [2.05, 4.69) is 57.8 Å². The lowest BCUT2D eigenvalue weighted by Gasteiger charge is -2.60. The highest BCUT2D eigenvalue weighted by Crippen LogP contribution is 2.66. The van der Waals surface area contributed by atoms with Gasteiger partial charge in [-0.15, -0.1) is 0 Å². The predicted octanol–water partition coefficient (Wildman–Crippen LogP) is 9.96. The molecule has 0 heterocycles. The molecule has 0 spiro atoms. The third kappa shape index (κ3) is 6.63. The number of ether oxygens (including phenoxy) is 2. The van der Waals surface area contributed by atoms with Crippen molar-refractivity contribution >= 4 is 25.4 Å². The van der Waals surface area contributed by atoms with E-state index < -0.39 is 13.7 Å². The van der Waals surface area contributed by atoms with Crippen LogP contribution in [-0.2, 0) is 23.9 Å². The molecule has 9 unspecified atom stereocenters. The summed E-state index contributed by atoms with van der Waals surface area (Å²) in [6.45, 7) is 16.9. The summed E-state index contributed by atoms with van der Waals surface area (Å²) in [6.07, 6.45) is 21.6. The molecular formula is C46H68O6Si. The normalized spacial score (nSPS) is 41.5. The molecule has 4 fully saturated rings. The number of carbonyl (C=O) groups is 3. The molecule has 8 rings (SSSR count). The van der Waals surface area contributed by atoms with Gasteiger partial charge in [0.15, 0.2) is 0 Å². The number of hydrogen-bond donors (Lipinski definition) is 1. The third-order valence-electron chi connectivity index (χ3n) is 15.7. The molecule has 1 N–H and O–H groups in total. The first-order chi connectivity index (χ1) is 25.2. The van der Waals surface area contributed by atoms with Crippen LogP contribution in [0.3, 0.4) is 0 Å². The van der Waals surface area contributed by atoms with Crippen LogP contribution >= 0.6 is 0 Å². The van der Waals surface area contributed by atoms with Gasteiger partial charge in [-0.25, -0.2) is 0 Å². The summed E-state index contributed by atoms with van der Waals surface area (Å²) in [5.41, 5.74) is 1.39. The Balaban J connectivity index is 0.000000167. The molecule has 11 atom stereocenters. The summed E-state index contributed by atoms with van der Waals surface area (Å²) in [4.78, 5) is 38.8. The van der Waals surface area contributed by atoms with Gasteiger partial charge < -0.3 is 14.6 Å². The quantitative estimate of drug-likeness (QED) is 0.249. The van der Waals surface area contributed by atoms with Crippen LogP contribution in [0.5, 0.6) is 0 Å². The van der Waals surface area contributed by atoms with Crippen LogP contribution in [-0.4, -0.2) is 49.3 Å². The van der Waals surface area contributed by atoms with Crippen LogP contribution in [0.1, 0.15) is 118 Å². The van der Waals surface area contributed by atoms with Crippen molar-refractivity contribution in [3.8, 4) is 0 Å². The monoisotopic (exact) mass is 744 g/mol. The molecule has 0 aliphatic heterocycles. The van der Waals surface area contributed by atoms with E-state index in [-0.39, 0.29) is 16.7 Å². The van der Waals surface area contributed by atoms with E-state index in [0.29, 0.717) is 84.6 Å². The van der Waals surface area contributed by atoms with Gasteiger partial charge in [0.1, 0.15) is 17.3 Å². The summed E-state index contributed by atoms with van der Waals surface area (Å²) >= 11 is 0. The van der Waals surface area contributed by atoms with Crippen LogP contribution in [0, 0.1) is 58.2 Å². The molecule has 8 aliphatic rings. The van der Waals surface area contributed by atoms with Gasteiger partial charge in [0.25, 0.3) is 0 Å². The Hall–Kier alpha value is -2.25. The van der Waals surface area contributed by atoms with E-state index in [1.165, 1.54) is 11.1 Å². The van der Waals surface area contributed by atoms with Crippen LogP contribution in [0.2, 0.25) is 25.7 Å². The van der Waals surface area contributed by atoms with E-state index >= 15 is 0 Å². The zero-order valence-corrected chi connectivity index (χ0v) is 34.9. The number of rotatable bonds is 8. The summed E-state index contributed by atoms with van der Waals surface area (Å²) < 4.78 is 11.5. The standard InChI is InChI=1S/C25H40O3Si.C21H28O3/c1-6-24-15-25(27,16-29(3,4)5)23-19-11-9-18(28-7-2)14-17(19)8-10-20(23)21(24)12-13-22(24)26;1-3-21-12-18(22)20-15-8-6-14(24-4-2)11-13(15)5-7-16(20)17(21)9-10-19(21)23/h8,14,19-21,23,27H,6-7,9-13,15-16H2,1-5H3;5,11,15-17,20H,3-4,6-10,12H2,1-2H3/t19?,20?,21?,23?,24-,25?;15?,16?,17?,20?,21-/m00/s1. The molecule has 8 aliphatic carbocycles. The van der Waals surface area contributed by atoms with E-state index in [1.807, 2.05) is 13.8 Å². The zero-order valence-electron chi connectivity index (χ0n) is 33.9. The number of Topliss-reactive ketones (excluding diaryl/α,β-unsaturated/α-hetero) is 3. The van der Waals surface area contributed by atoms with Crippen LogP contribution in [0.25, 0.3) is 0 Å². The first-order valence-electron chi connectivity index (χ1n) is 21.6. The average molecular weight is 745 g/mol. The fourth-order valence-electron chi connectivity index (χ4n) is 14.1. The molecule has 0 bridgehead atoms. The lowest BCUT2D eigenvalue weighted by Crippen LogP contribution is -2.61. The first kappa shape index (κ1) is 39.0. The van der Waals surface area contributed by atoms with E-state index in [9.17, 15) is 19.5 Å². The summed E-state index contributed by atoms with van der Waals surface area (Å²) in [7, 11) is -1.51. The van der Waals surface area contributed by atoms with E-state index in [1.54, 1.807) is 0 Å². The SMILES string of the molecule is CCOC1=CC2=CCC3C(C(=O)C[C@]4(CC)C(=O)CCC34)C2CC1.CCOC1=CC2=CCC3C(C2CC1)C(O)(C[Si](C)(C)C)C[C@]1(CC)C(=O)CCC31. The maximum atomic E-state index is 13.1. The highest BCUT2D eigenvalue weighted by molar-refractivity contribution is 6.76. The highest BCUT2D eigenvalue weighted by Gasteiger charge is 2.65. The van der Waals surface area contributed by atoms with Crippen LogP contribution in [0.4, 0.5) is 0 Å². The number of ketones is 3. The summed E-state index contributed by atoms with van der Waals surface area (Å²) in [6, 6.07) is 0.911. The molecule has 0 radical (unpaired) electrons. The average Bonchev–Trinajstić information content (AvgIpc) is 3.63. The predicted molar refractivity (Wildman–Crippen MR) is 212 cm³/mol. The Kier molecular flexibility index (Phi) is 10.8. The minimum Gasteiger partial charge on any atom is -0.498 e. The van der Waals surface area contributed by atoms with Gasteiger partial charge in [0.2, 0.25) is 0 Å². The lowest BCUT2D eigenvalue weighted by atomic mass is 9.47. The van der Waals surface area contributed by atoms with Crippen LogP contribution in [0.15, 0.2) is 47.0 Å². The molecular weight excluding hydrogens is 677 g/mol. The van der Waals surface area contributed by atoms with E-state index in [0.717, 1.165) is 94.8 Å². The van der Waals surface area contributed by atoms with Gasteiger partial charge in [-0.2, -0.15) is 0 Å². The second-order valence-electron chi connectivity index (χ2n) is 19.5. The molecule has 0 aromatic heterocycles. The minimum atomic E-state index is -1.51. The molecule has 292 valence electrons. The molecule has 53 heavy (non-hydrogen) atoms. The Morgan fingerprint density at radius 2 is 1.25 bits per heavy atom. The topological polar surface area (TPSA) is 89.9 Å². The van der Waals surface area contributed by atoms with Gasteiger partial charge in [0.05, 0.1) is 30.3 Å². The first-order valence-corrected chi connectivity index (χ1v) is 25.3. The lowest BCUT2D eigenvalue weighted by molar-refractivity contribution is -0.164. The number of carbonyl (C=O) groups excluding carboxylic acids is 3. The summed E-state index contributed by atoms with van der Waals surface area (Å²) in [5.74, 6) is 6.26. The highest BCUT2D eigenvalue weighted by atomic mass is 28.3.